The molecule has 0 fully saturated rings. The molecule has 0 aliphatic carbocycles. The Morgan fingerprint density at radius 3 is 2.50 bits per heavy atom. The van der Waals surface area contributed by atoms with E-state index in [-0.39, 0.29) is 5.91 Å². The van der Waals surface area contributed by atoms with Crippen LogP contribution in [0.1, 0.15) is 40.9 Å². The second-order valence-electron chi connectivity index (χ2n) is 5.19. The van der Waals surface area contributed by atoms with Gasteiger partial charge in [-0.3, -0.25) is 4.79 Å². The van der Waals surface area contributed by atoms with Gasteiger partial charge in [-0.05, 0) is 47.9 Å². The fourth-order valence-corrected chi connectivity index (χ4v) is 3.11. The molecule has 0 atom stereocenters. The Morgan fingerprint density at radius 2 is 1.82 bits per heavy atom. The Bertz CT molecular complexity index is 652. The van der Waals surface area contributed by atoms with Gasteiger partial charge in [0.25, 0.3) is 5.91 Å². The normalized spacial score (nSPS) is 10.5. The molecule has 0 aromatic heterocycles. The van der Waals surface area contributed by atoms with Crippen LogP contribution in [-0.4, -0.2) is 12.2 Å². The Hall–Kier alpha value is -1.74. The number of carbonyl (C=O) groups excluding carboxylic acids is 1. The van der Waals surface area contributed by atoms with Crippen molar-refractivity contribution >= 4 is 17.7 Å². The second-order valence-corrected chi connectivity index (χ2v) is 6.04. The Morgan fingerprint density at radius 1 is 1.05 bits per heavy atom. The van der Waals surface area contributed by atoms with Gasteiger partial charge in [0, 0.05) is 11.4 Å². The van der Waals surface area contributed by atoms with Crippen LogP contribution in [0.2, 0.25) is 0 Å². The lowest BCUT2D eigenvalue weighted by Gasteiger charge is -2.12. The van der Waals surface area contributed by atoms with Crippen molar-refractivity contribution < 1.29 is 4.79 Å². The van der Waals surface area contributed by atoms with E-state index in [9.17, 15) is 4.79 Å². The van der Waals surface area contributed by atoms with Crippen molar-refractivity contribution in [1.82, 2.24) is 5.32 Å². The molecule has 0 aliphatic heterocycles. The predicted molar refractivity (Wildman–Crippen MR) is 94.6 cm³/mol. The smallest absolute Gasteiger partial charge is 0.252 e. The van der Waals surface area contributed by atoms with Crippen molar-refractivity contribution in [3.8, 4) is 0 Å². The third-order valence-corrected chi connectivity index (χ3v) is 4.65. The summed E-state index contributed by atoms with van der Waals surface area (Å²) in [6.07, 6.45) is 3.99. The van der Waals surface area contributed by atoms with Crippen LogP contribution in [0.25, 0.3) is 0 Å². The minimum Gasteiger partial charge on any atom is -0.348 e. The van der Waals surface area contributed by atoms with Gasteiger partial charge in [-0.15, -0.1) is 11.8 Å². The maximum atomic E-state index is 12.4. The van der Waals surface area contributed by atoms with E-state index in [0.29, 0.717) is 6.54 Å². The van der Waals surface area contributed by atoms with Crippen LogP contribution in [0.4, 0.5) is 0 Å². The van der Waals surface area contributed by atoms with E-state index in [2.05, 4.69) is 37.4 Å². The molecule has 2 aromatic rings. The third kappa shape index (κ3) is 3.92. The van der Waals surface area contributed by atoms with Crippen LogP contribution in [0.15, 0.2) is 47.4 Å². The summed E-state index contributed by atoms with van der Waals surface area (Å²) < 4.78 is 0. The van der Waals surface area contributed by atoms with Gasteiger partial charge < -0.3 is 5.32 Å². The topological polar surface area (TPSA) is 29.1 Å². The average Bonchev–Trinajstić information content (AvgIpc) is 2.59. The molecule has 0 saturated heterocycles. The highest BCUT2D eigenvalue weighted by molar-refractivity contribution is 7.98. The number of carbonyl (C=O) groups is 1. The summed E-state index contributed by atoms with van der Waals surface area (Å²) in [7, 11) is 0. The van der Waals surface area contributed by atoms with Gasteiger partial charge in [-0.25, -0.2) is 0 Å². The van der Waals surface area contributed by atoms with Crippen LogP contribution in [0, 0.1) is 0 Å². The van der Waals surface area contributed by atoms with Gasteiger partial charge in [0.2, 0.25) is 0 Å². The summed E-state index contributed by atoms with van der Waals surface area (Å²) in [6, 6.07) is 14.3. The minimum absolute atomic E-state index is 0.00564. The lowest BCUT2D eigenvalue weighted by Crippen LogP contribution is -2.24. The summed E-state index contributed by atoms with van der Waals surface area (Å²) >= 11 is 1.60. The van der Waals surface area contributed by atoms with E-state index in [0.717, 1.165) is 23.3 Å². The van der Waals surface area contributed by atoms with Crippen LogP contribution in [-0.2, 0) is 19.4 Å². The lowest BCUT2D eigenvalue weighted by atomic mass is 10.0. The van der Waals surface area contributed by atoms with Crippen molar-refractivity contribution in [3.05, 3.63) is 64.7 Å². The molecule has 1 amide bonds. The van der Waals surface area contributed by atoms with Crippen molar-refractivity contribution in [2.45, 2.75) is 38.1 Å². The number of rotatable bonds is 6. The first-order valence-electron chi connectivity index (χ1n) is 7.71. The number of nitrogens with one attached hydrogen (secondary N) is 1. The highest BCUT2D eigenvalue weighted by Crippen LogP contribution is 2.20. The van der Waals surface area contributed by atoms with Crippen molar-refractivity contribution in [2.75, 3.05) is 6.26 Å². The third-order valence-electron chi connectivity index (χ3n) is 3.85. The van der Waals surface area contributed by atoms with Gasteiger partial charge in [0.1, 0.15) is 0 Å². The monoisotopic (exact) mass is 313 g/mol. The molecule has 0 spiro atoms. The summed E-state index contributed by atoms with van der Waals surface area (Å²) in [6.45, 7) is 4.88. The fraction of sp³-hybridized carbons (Fsp3) is 0.316. The molecule has 0 aliphatic rings. The SMILES string of the molecule is CCc1ccc(CC)c(CNC(=O)c2ccccc2SC)c1. The summed E-state index contributed by atoms with van der Waals surface area (Å²) in [5.41, 5.74) is 4.58. The van der Waals surface area contributed by atoms with Crippen LogP contribution < -0.4 is 5.32 Å². The second kappa shape index (κ2) is 8.04. The zero-order chi connectivity index (χ0) is 15.9. The number of aryl methyl sites for hydroxylation is 2. The van der Waals surface area contributed by atoms with E-state index >= 15 is 0 Å². The molecule has 3 heteroatoms. The van der Waals surface area contributed by atoms with Crippen molar-refractivity contribution in [1.29, 1.82) is 0 Å². The molecular formula is C19H23NOS. The summed E-state index contributed by atoms with van der Waals surface area (Å²) in [5.74, 6) is -0.00564. The molecule has 1 N–H and O–H groups in total. The molecule has 0 heterocycles. The summed E-state index contributed by atoms with van der Waals surface area (Å²) in [4.78, 5) is 13.4. The van der Waals surface area contributed by atoms with Gasteiger partial charge >= 0.3 is 0 Å². The van der Waals surface area contributed by atoms with Crippen LogP contribution >= 0.6 is 11.8 Å². The molecule has 2 aromatic carbocycles. The first-order chi connectivity index (χ1) is 10.7. The molecule has 22 heavy (non-hydrogen) atoms. The molecule has 0 bridgehead atoms. The summed E-state index contributed by atoms with van der Waals surface area (Å²) in [5, 5.41) is 3.06. The van der Waals surface area contributed by atoms with Gasteiger partial charge in [0.05, 0.1) is 5.56 Å². The van der Waals surface area contributed by atoms with Gasteiger partial charge in [0.15, 0.2) is 0 Å². The number of amides is 1. The van der Waals surface area contributed by atoms with E-state index in [1.807, 2.05) is 30.5 Å². The number of hydrogen-bond donors (Lipinski definition) is 1. The lowest BCUT2D eigenvalue weighted by molar-refractivity contribution is 0.0948. The highest BCUT2D eigenvalue weighted by Gasteiger charge is 2.11. The Balaban J connectivity index is 2.14. The van der Waals surface area contributed by atoms with E-state index in [1.54, 1.807) is 11.8 Å². The molecule has 116 valence electrons. The fourth-order valence-electron chi connectivity index (χ4n) is 2.51. The van der Waals surface area contributed by atoms with Gasteiger partial charge in [-0.1, -0.05) is 44.2 Å². The minimum atomic E-state index is -0.00564. The first kappa shape index (κ1) is 16.6. The Labute approximate surface area is 137 Å². The molecular weight excluding hydrogens is 290 g/mol. The van der Waals surface area contributed by atoms with Gasteiger partial charge in [-0.2, -0.15) is 0 Å². The number of hydrogen-bond acceptors (Lipinski definition) is 2. The molecule has 0 radical (unpaired) electrons. The van der Waals surface area contributed by atoms with Crippen LogP contribution in [0.3, 0.4) is 0 Å². The molecule has 0 unspecified atom stereocenters. The maximum absolute atomic E-state index is 12.4. The largest absolute Gasteiger partial charge is 0.348 e. The standard InChI is InChI=1S/C19H23NOS/c1-4-14-10-11-15(5-2)16(12-14)13-20-19(21)17-8-6-7-9-18(17)22-3/h6-12H,4-5,13H2,1-3H3,(H,20,21). The Kier molecular flexibility index (Phi) is 6.08. The molecule has 0 saturated carbocycles. The molecule has 2 rings (SSSR count). The van der Waals surface area contributed by atoms with Crippen molar-refractivity contribution in [2.24, 2.45) is 0 Å². The zero-order valence-corrected chi connectivity index (χ0v) is 14.3. The predicted octanol–water partition coefficient (Wildman–Crippen LogP) is 4.46. The highest BCUT2D eigenvalue weighted by atomic mass is 32.2. The average molecular weight is 313 g/mol. The van der Waals surface area contributed by atoms with E-state index < -0.39 is 0 Å². The maximum Gasteiger partial charge on any atom is 0.252 e. The number of benzene rings is 2. The number of thioether (sulfide) groups is 1. The molecule has 2 nitrogen and oxygen atoms in total. The van der Waals surface area contributed by atoms with E-state index in [1.165, 1.54) is 16.7 Å². The van der Waals surface area contributed by atoms with Crippen LogP contribution in [0.5, 0.6) is 0 Å². The van der Waals surface area contributed by atoms with E-state index in [4.69, 9.17) is 0 Å². The van der Waals surface area contributed by atoms with Crippen molar-refractivity contribution in [3.63, 3.8) is 0 Å². The quantitative estimate of drug-likeness (QED) is 0.798. The first-order valence-corrected chi connectivity index (χ1v) is 8.94. The zero-order valence-electron chi connectivity index (χ0n) is 13.5.